The molecular formula is C14H22N4O2. The molecule has 1 rings (SSSR count). The summed E-state index contributed by atoms with van der Waals surface area (Å²) >= 11 is 0. The Hall–Kier alpha value is -1.92. The summed E-state index contributed by atoms with van der Waals surface area (Å²) in [6, 6.07) is 7.13. The Balaban J connectivity index is 2.47. The average molecular weight is 278 g/mol. The number of carbonyl (C=O) groups excluding carboxylic acids is 2. The van der Waals surface area contributed by atoms with Crippen LogP contribution in [0.5, 0.6) is 0 Å². The van der Waals surface area contributed by atoms with Crippen LogP contribution in [0.15, 0.2) is 24.3 Å². The largest absolute Gasteiger partial charge is 0.355 e. The minimum Gasteiger partial charge on any atom is -0.355 e. The molecule has 110 valence electrons. The van der Waals surface area contributed by atoms with Gasteiger partial charge in [-0.3, -0.25) is 19.9 Å². The normalized spacial score (nSPS) is 10.4. The van der Waals surface area contributed by atoms with Gasteiger partial charge < -0.3 is 5.32 Å². The van der Waals surface area contributed by atoms with E-state index < -0.39 is 0 Å². The highest BCUT2D eigenvalue weighted by Crippen LogP contribution is 2.06. The van der Waals surface area contributed by atoms with Crippen LogP contribution in [0, 0.1) is 0 Å². The number of benzene rings is 1. The van der Waals surface area contributed by atoms with Crippen molar-refractivity contribution in [1.82, 2.24) is 15.6 Å². The number of nitrogens with zero attached hydrogens (tertiary/aromatic N) is 1. The molecule has 0 spiro atoms. The van der Waals surface area contributed by atoms with Gasteiger partial charge in [-0.05, 0) is 31.2 Å². The zero-order valence-corrected chi connectivity index (χ0v) is 12.0. The predicted molar refractivity (Wildman–Crippen MR) is 77.7 cm³/mol. The van der Waals surface area contributed by atoms with Gasteiger partial charge in [-0.15, -0.1) is 0 Å². The van der Waals surface area contributed by atoms with Gasteiger partial charge in [-0.1, -0.05) is 19.1 Å². The maximum atomic E-state index is 11.6. The number of hydrogen-bond donors (Lipinski definition) is 3. The Morgan fingerprint density at radius 2 is 1.90 bits per heavy atom. The molecule has 0 radical (unpaired) electrons. The van der Waals surface area contributed by atoms with Crippen molar-refractivity contribution >= 4 is 11.8 Å². The zero-order valence-electron chi connectivity index (χ0n) is 12.0. The van der Waals surface area contributed by atoms with Gasteiger partial charge in [-0.25, -0.2) is 5.84 Å². The first kappa shape index (κ1) is 16.1. The topological polar surface area (TPSA) is 87.5 Å². The van der Waals surface area contributed by atoms with Crippen LogP contribution in [0.3, 0.4) is 0 Å². The summed E-state index contributed by atoms with van der Waals surface area (Å²) in [5.41, 5.74) is 3.63. The van der Waals surface area contributed by atoms with E-state index in [1.807, 2.05) is 31.0 Å². The third-order valence-corrected chi connectivity index (χ3v) is 2.79. The van der Waals surface area contributed by atoms with E-state index in [4.69, 9.17) is 5.84 Å². The summed E-state index contributed by atoms with van der Waals surface area (Å²) < 4.78 is 0. The lowest BCUT2D eigenvalue weighted by molar-refractivity contribution is -0.122. The maximum Gasteiger partial charge on any atom is 0.265 e. The second-order valence-corrected chi connectivity index (χ2v) is 4.69. The lowest BCUT2D eigenvalue weighted by atomic mass is 10.1. The predicted octanol–water partition coefficient (Wildman–Crippen LogP) is 0.248. The summed E-state index contributed by atoms with van der Waals surface area (Å²) in [6.45, 7) is 3.72. The molecule has 20 heavy (non-hydrogen) atoms. The van der Waals surface area contributed by atoms with Crippen LogP contribution in [0.2, 0.25) is 0 Å². The number of hydrogen-bond acceptors (Lipinski definition) is 4. The number of amides is 2. The molecule has 1 aromatic carbocycles. The van der Waals surface area contributed by atoms with E-state index in [1.54, 1.807) is 12.1 Å². The quantitative estimate of drug-likeness (QED) is 0.379. The van der Waals surface area contributed by atoms with Gasteiger partial charge in [0.25, 0.3) is 5.91 Å². The van der Waals surface area contributed by atoms with Gasteiger partial charge in [0.05, 0.1) is 6.54 Å². The zero-order chi connectivity index (χ0) is 15.0. The number of nitrogens with two attached hydrogens (primary N) is 1. The molecule has 0 unspecified atom stereocenters. The van der Waals surface area contributed by atoms with Crippen LogP contribution in [-0.2, 0) is 11.3 Å². The van der Waals surface area contributed by atoms with Gasteiger partial charge >= 0.3 is 0 Å². The van der Waals surface area contributed by atoms with Crippen molar-refractivity contribution in [2.45, 2.75) is 19.9 Å². The first-order valence-electron chi connectivity index (χ1n) is 6.62. The molecule has 1 aromatic rings. The molecule has 0 aliphatic rings. The van der Waals surface area contributed by atoms with Crippen LogP contribution >= 0.6 is 0 Å². The van der Waals surface area contributed by atoms with E-state index in [-0.39, 0.29) is 11.8 Å². The third kappa shape index (κ3) is 5.38. The first-order valence-corrected chi connectivity index (χ1v) is 6.62. The van der Waals surface area contributed by atoms with E-state index in [0.29, 0.717) is 25.2 Å². The van der Waals surface area contributed by atoms with Crippen molar-refractivity contribution in [1.29, 1.82) is 0 Å². The molecule has 0 heterocycles. The van der Waals surface area contributed by atoms with E-state index in [1.165, 1.54) is 0 Å². The Morgan fingerprint density at radius 1 is 1.25 bits per heavy atom. The SMILES string of the molecule is CCCNC(=O)CN(C)Cc1ccc(C(=O)NN)cc1. The van der Waals surface area contributed by atoms with E-state index in [2.05, 4.69) is 10.7 Å². The van der Waals surface area contributed by atoms with Crippen LogP contribution in [0.1, 0.15) is 29.3 Å². The molecule has 0 aromatic heterocycles. The second kappa shape index (κ2) is 8.29. The van der Waals surface area contributed by atoms with Crippen molar-refractivity contribution in [2.24, 2.45) is 5.84 Å². The standard InChI is InChI=1S/C14H22N4O2/c1-3-8-16-13(19)10-18(2)9-11-4-6-12(7-5-11)14(20)17-15/h4-7H,3,8-10,15H2,1-2H3,(H,16,19)(H,17,20). The van der Waals surface area contributed by atoms with Crippen LogP contribution < -0.4 is 16.6 Å². The third-order valence-electron chi connectivity index (χ3n) is 2.79. The average Bonchev–Trinajstić information content (AvgIpc) is 2.45. The fraction of sp³-hybridized carbons (Fsp3) is 0.429. The summed E-state index contributed by atoms with van der Waals surface area (Å²) in [5.74, 6) is 4.77. The molecule has 6 heteroatoms. The fourth-order valence-electron chi connectivity index (χ4n) is 1.78. The maximum absolute atomic E-state index is 11.6. The summed E-state index contributed by atoms with van der Waals surface area (Å²) in [4.78, 5) is 24.8. The molecule has 0 aliphatic carbocycles. The molecule has 0 saturated heterocycles. The van der Waals surface area contributed by atoms with Crippen molar-refractivity contribution in [3.05, 3.63) is 35.4 Å². The fourth-order valence-corrected chi connectivity index (χ4v) is 1.78. The number of hydrazine groups is 1. The van der Waals surface area contributed by atoms with Crippen LogP contribution in [0.25, 0.3) is 0 Å². The molecule has 4 N–H and O–H groups in total. The molecule has 2 amide bonds. The smallest absolute Gasteiger partial charge is 0.265 e. The number of rotatable bonds is 7. The number of carbonyl (C=O) groups is 2. The molecule has 0 aliphatic heterocycles. The number of nitrogen functional groups attached to an aromatic ring is 1. The first-order chi connectivity index (χ1) is 9.56. The Bertz CT molecular complexity index is 445. The molecule has 0 atom stereocenters. The van der Waals surface area contributed by atoms with Crippen LogP contribution in [0.4, 0.5) is 0 Å². The van der Waals surface area contributed by atoms with Crippen molar-refractivity contribution in [3.8, 4) is 0 Å². The highest BCUT2D eigenvalue weighted by atomic mass is 16.2. The minimum atomic E-state index is -0.316. The molecule has 0 saturated carbocycles. The molecular weight excluding hydrogens is 256 g/mol. The van der Waals surface area contributed by atoms with Crippen molar-refractivity contribution in [3.63, 3.8) is 0 Å². The summed E-state index contributed by atoms with van der Waals surface area (Å²) in [7, 11) is 1.88. The van der Waals surface area contributed by atoms with E-state index >= 15 is 0 Å². The monoisotopic (exact) mass is 278 g/mol. The Labute approximate surface area is 119 Å². The Kier molecular flexibility index (Phi) is 6.69. The van der Waals surface area contributed by atoms with Gasteiger partial charge in [0.2, 0.25) is 5.91 Å². The highest BCUT2D eigenvalue weighted by molar-refractivity contribution is 5.93. The summed E-state index contributed by atoms with van der Waals surface area (Å²) in [6.07, 6.45) is 0.931. The van der Waals surface area contributed by atoms with Crippen molar-refractivity contribution in [2.75, 3.05) is 20.1 Å². The highest BCUT2D eigenvalue weighted by Gasteiger charge is 2.07. The lowest BCUT2D eigenvalue weighted by Crippen LogP contribution is -2.35. The second-order valence-electron chi connectivity index (χ2n) is 4.69. The number of likely N-dealkylation sites (N-methyl/N-ethyl adjacent to an activating group) is 1. The summed E-state index contributed by atoms with van der Waals surface area (Å²) in [5, 5.41) is 2.83. The molecule has 6 nitrogen and oxygen atoms in total. The Morgan fingerprint density at radius 3 is 2.45 bits per heavy atom. The number of nitrogens with one attached hydrogen (secondary N) is 2. The van der Waals surface area contributed by atoms with Gasteiger partial charge in [0.15, 0.2) is 0 Å². The molecule has 0 bridgehead atoms. The van der Waals surface area contributed by atoms with Crippen molar-refractivity contribution < 1.29 is 9.59 Å². The van der Waals surface area contributed by atoms with E-state index in [0.717, 1.165) is 12.0 Å². The van der Waals surface area contributed by atoms with Crippen LogP contribution in [-0.4, -0.2) is 36.9 Å². The van der Waals surface area contributed by atoms with Gasteiger partial charge in [-0.2, -0.15) is 0 Å². The molecule has 0 fully saturated rings. The van der Waals surface area contributed by atoms with Gasteiger partial charge in [0, 0.05) is 18.7 Å². The van der Waals surface area contributed by atoms with E-state index in [9.17, 15) is 9.59 Å². The minimum absolute atomic E-state index is 0.0217. The lowest BCUT2D eigenvalue weighted by Gasteiger charge is -2.16. The van der Waals surface area contributed by atoms with Gasteiger partial charge in [0.1, 0.15) is 0 Å².